The maximum Gasteiger partial charge on any atom is 0.220 e. The number of fused-ring (bicyclic) bond motifs is 1. The molecule has 3 rings (SSSR count). The minimum atomic E-state index is -0.251. The summed E-state index contributed by atoms with van der Waals surface area (Å²) in [6, 6.07) is 12.9. The van der Waals surface area contributed by atoms with Crippen molar-refractivity contribution in [1.82, 2.24) is 10.6 Å². The molecule has 0 aromatic heterocycles. The van der Waals surface area contributed by atoms with Gasteiger partial charge in [-0.05, 0) is 34.2 Å². The first-order chi connectivity index (χ1) is 11.1. The quantitative estimate of drug-likeness (QED) is 0.890. The fourth-order valence-electron chi connectivity index (χ4n) is 2.99. The molecule has 2 aromatic rings. The summed E-state index contributed by atoms with van der Waals surface area (Å²) in [6.45, 7) is 4.19. The molecule has 0 spiro atoms. The molecule has 1 heterocycles. The van der Waals surface area contributed by atoms with Gasteiger partial charge < -0.3 is 10.6 Å². The second kappa shape index (κ2) is 6.92. The summed E-state index contributed by atoms with van der Waals surface area (Å²) in [5.41, 5.74) is 4.32. The first-order valence-electron chi connectivity index (χ1n) is 7.96. The van der Waals surface area contributed by atoms with Crippen LogP contribution in [0.1, 0.15) is 41.5 Å². The molecule has 0 bridgehead atoms. The van der Waals surface area contributed by atoms with Crippen LogP contribution in [0.3, 0.4) is 0 Å². The molecule has 0 saturated heterocycles. The van der Waals surface area contributed by atoms with E-state index in [2.05, 4.69) is 22.8 Å². The van der Waals surface area contributed by atoms with Crippen LogP contribution < -0.4 is 10.6 Å². The Bertz CT molecular complexity index is 714. The van der Waals surface area contributed by atoms with E-state index < -0.39 is 0 Å². The van der Waals surface area contributed by atoms with Crippen LogP contribution >= 0.6 is 0 Å². The molecule has 0 radical (unpaired) electrons. The highest BCUT2D eigenvalue weighted by Gasteiger charge is 2.15. The number of carbonyl (C=O) groups is 1. The Balaban J connectivity index is 1.54. The van der Waals surface area contributed by atoms with Crippen LogP contribution in [0.5, 0.6) is 0 Å². The van der Waals surface area contributed by atoms with E-state index in [0.29, 0.717) is 12.1 Å². The van der Waals surface area contributed by atoms with Crippen molar-refractivity contribution in [2.24, 2.45) is 0 Å². The van der Waals surface area contributed by atoms with Gasteiger partial charge in [-0.1, -0.05) is 43.3 Å². The standard InChI is InChI=1S/C19H21FN2O/c1-13(17-4-2-3-5-18(17)20)8-19(23)22-10-14-6-7-15-11-21-12-16(15)9-14/h2-7,9,13,21H,8,10-12H2,1H3,(H,22,23). The number of amides is 1. The van der Waals surface area contributed by atoms with E-state index >= 15 is 0 Å². The average molecular weight is 312 g/mol. The Morgan fingerprint density at radius 2 is 2.00 bits per heavy atom. The molecular weight excluding hydrogens is 291 g/mol. The predicted octanol–water partition coefficient (Wildman–Crippen LogP) is 3.24. The minimum Gasteiger partial charge on any atom is -0.352 e. The Kier molecular flexibility index (Phi) is 4.72. The van der Waals surface area contributed by atoms with E-state index in [4.69, 9.17) is 0 Å². The van der Waals surface area contributed by atoms with Crippen LogP contribution in [-0.4, -0.2) is 5.91 Å². The Labute approximate surface area is 135 Å². The summed E-state index contributed by atoms with van der Waals surface area (Å²) in [4.78, 5) is 12.1. The van der Waals surface area contributed by atoms with Gasteiger partial charge >= 0.3 is 0 Å². The molecule has 1 amide bonds. The topological polar surface area (TPSA) is 41.1 Å². The zero-order valence-corrected chi connectivity index (χ0v) is 13.2. The largest absolute Gasteiger partial charge is 0.352 e. The summed E-state index contributed by atoms with van der Waals surface area (Å²) in [5, 5.41) is 6.23. The Morgan fingerprint density at radius 3 is 2.83 bits per heavy atom. The van der Waals surface area contributed by atoms with Gasteiger partial charge in [0, 0.05) is 26.1 Å². The third-order valence-electron chi connectivity index (χ3n) is 4.32. The van der Waals surface area contributed by atoms with Crippen molar-refractivity contribution in [3.63, 3.8) is 0 Å². The van der Waals surface area contributed by atoms with Gasteiger partial charge in [0.15, 0.2) is 0 Å². The lowest BCUT2D eigenvalue weighted by molar-refractivity contribution is -0.121. The molecule has 1 aliphatic heterocycles. The van der Waals surface area contributed by atoms with Gasteiger partial charge in [-0.2, -0.15) is 0 Å². The van der Waals surface area contributed by atoms with Crippen LogP contribution in [-0.2, 0) is 24.4 Å². The second-order valence-electron chi connectivity index (χ2n) is 6.11. The van der Waals surface area contributed by atoms with Crippen molar-refractivity contribution in [3.8, 4) is 0 Å². The van der Waals surface area contributed by atoms with Crippen molar-refractivity contribution in [3.05, 3.63) is 70.5 Å². The molecule has 1 atom stereocenters. The van der Waals surface area contributed by atoms with Gasteiger partial charge in [0.05, 0.1) is 0 Å². The summed E-state index contributed by atoms with van der Waals surface area (Å²) in [6.07, 6.45) is 0.285. The lowest BCUT2D eigenvalue weighted by Gasteiger charge is -2.13. The first-order valence-corrected chi connectivity index (χ1v) is 7.96. The maximum absolute atomic E-state index is 13.7. The Hall–Kier alpha value is -2.20. The van der Waals surface area contributed by atoms with E-state index in [1.165, 1.54) is 17.2 Å². The minimum absolute atomic E-state index is 0.0561. The number of benzene rings is 2. The van der Waals surface area contributed by atoms with Gasteiger partial charge in [0.1, 0.15) is 5.82 Å². The molecule has 0 saturated carbocycles. The molecule has 2 aromatic carbocycles. The lowest BCUT2D eigenvalue weighted by atomic mass is 9.97. The zero-order valence-electron chi connectivity index (χ0n) is 13.2. The molecule has 1 unspecified atom stereocenters. The first kappa shape index (κ1) is 15.7. The molecule has 4 heteroatoms. The third-order valence-corrected chi connectivity index (χ3v) is 4.32. The highest BCUT2D eigenvalue weighted by Crippen LogP contribution is 2.22. The fraction of sp³-hybridized carbons (Fsp3) is 0.316. The van der Waals surface area contributed by atoms with E-state index in [1.54, 1.807) is 18.2 Å². The molecule has 3 nitrogen and oxygen atoms in total. The van der Waals surface area contributed by atoms with Crippen molar-refractivity contribution >= 4 is 5.91 Å². The van der Waals surface area contributed by atoms with Crippen molar-refractivity contribution < 1.29 is 9.18 Å². The van der Waals surface area contributed by atoms with E-state index in [9.17, 15) is 9.18 Å². The third kappa shape index (κ3) is 3.77. The predicted molar refractivity (Wildman–Crippen MR) is 88.3 cm³/mol. The summed E-state index contributed by atoms with van der Waals surface area (Å²) in [5.74, 6) is -0.446. The molecule has 23 heavy (non-hydrogen) atoms. The maximum atomic E-state index is 13.7. The summed E-state index contributed by atoms with van der Waals surface area (Å²) < 4.78 is 13.7. The average Bonchev–Trinajstić information content (AvgIpc) is 3.01. The molecule has 0 fully saturated rings. The van der Waals surface area contributed by atoms with Crippen LogP contribution in [0.15, 0.2) is 42.5 Å². The molecule has 120 valence electrons. The SMILES string of the molecule is CC(CC(=O)NCc1ccc2c(c1)CNC2)c1ccccc1F. The molecule has 2 N–H and O–H groups in total. The fourth-order valence-corrected chi connectivity index (χ4v) is 2.99. The number of hydrogen-bond acceptors (Lipinski definition) is 2. The number of nitrogens with one attached hydrogen (secondary N) is 2. The Morgan fingerprint density at radius 1 is 1.22 bits per heavy atom. The van der Waals surface area contributed by atoms with Crippen molar-refractivity contribution in [2.75, 3.05) is 0 Å². The molecule has 0 aliphatic carbocycles. The van der Waals surface area contributed by atoms with E-state index in [0.717, 1.165) is 18.7 Å². The van der Waals surface area contributed by atoms with Crippen molar-refractivity contribution in [1.29, 1.82) is 0 Å². The van der Waals surface area contributed by atoms with Gasteiger partial charge in [-0.25, -0.2) is 4.39 Å². The normalized spacial score (nSPS) is 14.3. The zero-order chi connectivity index (χ0) is 16.2. The smallest absolute Gasteiger partial charge is 0.220 e. The number of rotatable bonds is 5. The number of carbonyl (C=O) groups excluding carboxylic acids is 1. The van der Waals surface area contributed by atoms with E-state index in [1.807, 2.05) is 13.0 Å². The van der Waals surface area contributed by atoms with E-state index in [-0.39, 0.29) is 24.1 Å². The van der Waals surface area contributed by atoms with Crippen molar-refractivity contribution in [2.45, 2.75) is 38.9 Å². The highest BCUT2D eigenvalue weighted by atomic mass is 19.1. The number of halogens is 1. The molecular formula is C19H21FN2O. The second-order valence-corrected chi connectivity index (χ2v) is 6.11. The van der Waals surface area contributed by atoms with Gasteiger partial charge in [0.2, 0.25) is 5.91 Å². The van der Waals surface area contributed by atoms with Gasteiger partial charge in [-0.15, -0.1) is 0 Å². The highest BCUT2D eigenvalue weighted by molar-refractivity contribution is 5.76. The summed E-state index contributed by atoms with van der Waals surface area (Å²) in [7, 11) is 0. The van der Waals surface area contributed by atoms with Crippen LogP contribution in [0.2, 0.25) is 0 Å². The van der Waals surface area contributed by atoms with Crippen LogP contribution in [0.25, 0.3) is 0 Å². The number of hydrogen-bond donors (Lipinski definition) is 2. The van der Waals surface area contributed by atoms with Crippen LogP contribution in [0, 0.1) is 5.82 Å². The van der Waals surface area contributed by atoms with Gasteiger partial charge in [-0.3, -0.25) is 4.79 Å². The lowest BCUT2D eigenvalue weighted by Crippen LogP contribution is -2.24. The van der Waals surface area contributed by atoms with Gasteiger partial charge in [0.25, 0.3) is 0 Å². The molecule has 1 aliphatic rings. The summed E-state index contributed by atoms with van der Waals surface area (Å²) >= 11 is 0. The van der Waals surface area contributed by atoms with Crippen LogP contribution in [0.4, 0.5) is 4.39 Å². The monoisotopic (exact) mass is 312 g/mol.